The lowest BCUT2D eigenvalue weighted by atomic mass is 9.98. The van der Waals surface area contributed by atoms with E-state index in [1.165, 1.54) is 93.8 Å². The normalized spacial score (nSPS) is 11.7. The van der Waals surface area contributed by atoms with Gasteiger partial charge in [-0.05, 0) is 119 Å². The summed E-state index contributed by atoms with van der Waals surface area (Å²) in [7, 11) is 0. The molecule has 10 aromatic rings. The van der Waals surface area contributed by atoms with E-state index in [2.05, 4.69) is 205 Å². The van der Waals surface area contributed by atoms with Gasteiger partial charge >= 0.3 is 0 Å². The first-order valence-corrected chi connectivity index (χ1v) is 18.0. The number of nitrogens with zero attached hydrogens (tertiary/aromatic N) is 2. The molecule has 0 unspecified atom stereocenters. The molecule has 0 aliphatic heterocycles. The Bertz CT molecular complexity index is 2880. The van der Waals surface area contributed by atoms with Crippen LogP contribution in [0, 0.1) is 13.8 Å². The number of aromatic nitrogens is 2. The van der Waals surface area contributed by atoms with E-state index in [0.717, 1.165) is 5.69 Å². The van der Waals surface area contributed by atoms with E-state index in [9.17, 15) is 0 Å². The fourth-order valence-corrected chi connectivity index (χ4v) is 8.27. The molecule has 246 valence electrons. The van der Waals surface area contributed by atoms with Gasteiger partial charge in [0.1, 0.15) is 0 Å². The average molecular weight is 665 g/mol. The molecule has 0 saturated carbocycles. The van der Waals surface area contributed by atoms with Gasteiger partial charge in [0.15, 0.2) is 0 Å². The molecule has 0 atom stereocenters. The Morgan fingerprint density at radius 3 is 1.37 bits per heavy atom. The summed E-state index contributed by atoms with van der Waals surface area (Å²) in [6.45, 7) is 4.36. The van der Waals surface area contributed by atoms with Crippen LogP contribution < -0.4 is 0 Å². The monoisotopic (exact) mass is 664 g/mol. The van der Waals surface area contributed by atoms with E-state index in [1.54, 1.807) is 0 Å². The van der Waals surface area contributed by atoms with E-state index in [4.69, 9.17) is 0 Å². The van der Waals surface area contributed by atoms with Gasteiger partial charge in [0.05, 0.1) is 22.1 Å². The molecule has 0 saturated heterocycles. The van der Waals surface area contributed by atoms with Gasteiger partial charge in [-0.3, -0.25) is 0 Å². The highest BCUT2D eigenvalue weighted by Crippen LogP contribution is 2.40. The summed E-state index contributed by atoms with van der Waals surface area (Å²) in [5.41, 5.74) is 17.0. The van der Waals surface area contributed by atoms with Crippen LogP contribution >= 0.6 is 0 Å². The van der Waals surface area contributed by atoms with Gasteiger partial charge < -0.3 is 9.13 Å². The second-order valence-corrected chi connectivity index (χ2v) is 14.0. The summed E-state index contributed by atoms with van der Waals surface area (Å²) in [6.07, 6.45) is 0. The van der Waals surface area contributed by atoms with Crippen LogP contribution in [0.1, 0.15) is 11.1 Å². The number of rotatable bonds is 5. The zero-order valence-corrected chi connectivity index (χ0v) is 29.2. The largest absolute Gasteiger partial charge is 0.309 e. The van der Waals surface area contributed by atoms with Crippen molar-refractivity contribution in [1.29, 1.82) is 0 Å². The summed E-state index contributed by atoms with van der Waals surface area (Å²) in [5.74, 6) is 0. The lowest BCUT2D eigenvalue weighted by Crippen LogP contribution is -1.96. The summed E-state index contributed by atoms with van der Waals surface area (Å²) in [5, 5.41) is 5.03. The lowest BCUT2D eigenvalue weighted by molar-refractivity contribution is 1.16. The van der Waals surface area contributed by atoms with E-state index >= 15 is 0 Å². The lowest BCUT2D eigenvalue weighted by Gasteiger charge is -2.14. The Morgan fingerprint density at radius 1 is 0.269 bits per heavy atom. The Balaban J connectivity index is 1.18. The van der Waals surface area contributed by atoms with Gasteiger partial charge in [-0.15, -0.1) is 0 Å². The number of benzene rings is 8. The fraction of sp³-hybridized carbons (Fsp3) is 0.0400. The van der Waals surface area contributed by atoms with Crippen molar-refractivity contribution in [2.24, 2.45) is 0 Å². The van der Waals surface area contributed by atoms with Crippen LogP contribution in [0.15, 0.2) is 182 Å². The molecule has 52 heavy (non-hydrogen) atoms. The molecule has 8 aromatic carbocycles. The quantitative estimate of drug-likeness (QED) is 0.173. The molecule has 0 amide bonds. The van der Waals surface area contributed by atoms with Crippen molar-refractivity contribution in [1.82, 2.24) is 9.13 Å². The molecule has 2 nitrogen and oxygen atoms in total. The van der Waals surface area contributed by atoms with Crippen molar-refractivity contribution in [2.75, 3.05) is 0 Å². The molecular formula is C50H36N2. The molecule has 2 aromatic heterocycles. The number of hydrogen-bond acceptors (Lipinski definition) is 0. The van der Waals surface area contributed by atoms with E-state index in [-0.39, 0.29) is 0 Å². The molecular weight excluding hydrogens is 629 g/mol. The van der Waals surface area contributed by atoms with Crippen LogP contribution in [-0.4, -0.2) is 9.13 Å². The third kappa shape index (κ3) is 4.95. The molecule has 0 aliphatic rings. The van der Waals surface area contributed by atoms with Crippen LogP contribution in [0.2, 0.25) is 0 Å². The van der Waals surface area contributed by atoms with Crippen LogP contribution in [0.4, 0.5) is 0 Å². The van der Waals surface area contributed by atoms with E-state index in [0.29, 0.717) is 0 Å². The summed E-state index contributed by atoms with van der Waals surface area (Å²) in [4.78, 5) is 0. The van der Waals surface area contributed by atoms with Crippen molar-refractivity contribution in [3.8, 4) is 44.8 Å². The van der Waals surface area contributed by atoms with Crippen LogP contribution in [0.25, 0.3) is 88.4 Å². The molecule has 10 rings (SSSR count). The van der Waals surface area contributed by atoms with Crippen molar-refractivity contribution < 1.29 is 0 Å². The summed E-state index contributed by atoms with van der Waals surface area (Å²) < 4.78 is 4.87. The first-order valence-electron chi connectivity index (χ1n) is 18.0. The highest BCUT2D eigenvalue weighted by Gasteiger charge is 2.17. The molecule has 0 N–H and O–H groups in total. The Labute approximate surface area is 303 Å². The Kier molecular flexibility index (Phi) is 6.97. The van der Waals surface area contributed by atoms with Crippen molar-refractivity contribution in [3.05, 3.63) is 193 Å². The minimum absolute atomic E-state index is 1.15. The smallest absolute Gasteiger partial charge is 0.0547 e. The first-order chi connectivity index (χ1) is 25.6. The molecule has 0 fully saturated rings. The Morgan fingerprint density at radius 2 is 0.731 bits per heavy atom. The predicted octanol–water partition coefficient (Wildman–Crippen LogP) is 13.5. The molecule has 0 radical (unpaired) electrons. The summed E-state index contributed by atoms with van der Waals surface area (Å²) in [6, 6.07) is 66.8. The molecule has 2 heteroatoms. The number of hydrogen-bond donors (Lipinski definition) is 0. The van der Waals surface area contributed by atoms with Crippen molar-refractivity contribution >= 4 is 43.6 Å². The van der Waals surface area contributed by atoms with E-state index in [1.807, 2.05) is 0 Å². The standard InChI is InChI=1S/C50H36N2/c1-33-25-34(2)27-41(26-33)52-47-19-11-9-17-43(47)45-23-21-38(32-50(45)52)37-22-24-49-46(31-37)44-18-10-12-20-48(44)51(49)42-29-39(35-13-5-3-6-14-35)28-40(30-42)36-15-7-4-8-16-36/h3-32H,1-2H3. The maximum atomic E-state index is 2.44. The molecule has 0 bridgehead atoms. The topological polar surface area (TPSA) is 9.86 Å². The fourth-order valence-electron chi connectivity index (χ4n) is 8.27. The zero-order valence-electron chi connectivity index (χ0n) is 29.2. The van der Waals surface area contributed by atoms with Gasteiger partial charge in [0.2, 0.25) is 0 Å². The Hall–Kier alpha value is -6.64. The van der Waals surface area contributed by atoms with Gasteiger partial charge in [-0.25, -0.2) is 0 Å². The SMILES string of the molecule is Cc1cc(C)cc(-n2c3ccccc3c3ccc(-c4ccc5c(c4)c4ccccc4n5-c4cc(-c5ccccc5)cc(-c5ccccc5)c4)cc32)c1. The third-order valence-electron chi connectivity index (χ3n) is 10.5. The zero-order chi connectivity index (χ0) is 34.8. The number of fused-ring (bicyclic) bond motifs is 6. The minimum Gasteiger partial charge on any atom is -0.309 e. The van der Waals surface area contributed by atoms with Crippen molar-refractivity contribution in [2.45, 2.75) is 13.8 Å². The van der Waals surface area contributed by atoms with Gasteiger partial charge in [0, 0.05) is 32.9 Å². The minimum atomic E-state index is 1.15. The van der Waals surface area contributed by atoms with Crippen LogP contribution in [0.5, 0.6) is 0 Å². The highest BCUT2D eigenvalue weighted by atomic mass is 15.0. The third-order valence-corrected chi connectivity index (χ3v) is 10.5. The first kappa shape index (κ1) is 30.2. The maximum absolute atomic E-state index is 2.44. The predicted molar refractivity (Wildman–Crippen MR) is 221 cm³/mol. The molecule has 0 aliphatic carbocycles. The van der Waals surface area contributed by atoms with Gasteiger partial charge in [0.25, 0.3) is 0 Å². The van der Waals surface area contributed by atoms with E-state index < -0.39 is 0 Å². The molecule has 0 spiro atoms. The highest BCUT2D eigenvalue weighted by molar-refractivity contribution is 6.12. The average Bonchev–Trinajstić information content (AvgIpc) is 3.70. The molecule has 2 heterocycles. The maximum Gasteiger partial charge on any atom is 0.0547 e. The second kappa shape index (κ2) is 12.0. The second-order valence-electron chi connectivity index (χ2n) is 14.0. The van der Waals surface area contributed by atoms with Gasteiger partial charge in [-0.1, -0.05) is 121 Å². The van der Waals surface area contributed by atoms with Crippen LogP contribution in [-0.2, 0) is 0 Å². The summed E-state index contributed by atoms with van der Waals surface area (Å²) >= 11 is 0. The number of para-hydroxylation sites is 2. The van der Waals surface area contributed by atoms with Gasteiger partial charge in [-0.2, -0.15) is 0 Å². The number of aryl methyl sites for hydroxylation is 2. The van der Waals surface area contributed by atoms with Crippen LogP contribution in [0.3, 0.4) is 0 Å². The van der Waals surface area contributed by atoms with Crippen molar-refractivity contribution in [3.63, 3.8) is 0 Å².